The number of morpholine rings is 1. The predicted molar refractivity (Wildman–Crippen MR) is 131 cm³/mol. The molecule has 1 aliphatic rings. The summed E-state index contributed by atoms with van der Waals surface area (Å²) >= 11 is 0. The van der Waals surface area contributed by atoms with E-state index in [1.807, 2.05) is 38.1 Å². The Morgan fingerprint density at radius 3 is 2.24 bits per heavy atom. The molecular weight excluding hydrogens is 438 g/mol. The number of carbonyl (C=O) groups excluding carboxylic acids is 1. The SMILES string of the molecule is Cc1ccc(C)c(NS(=O)(=O)c2ccc(NC(=O)c3ccc(N4CCOCC4)cc3)cc2)c1. The molecule has 1 aliphatic heterocycles. The summed E-state index contributed by atoms with van der Waals surface area (Å²) in [6.07, 6.45) is 0. The summed E-state index contributed by atoms with van der Waals surface area (Å²) in [4.78, 5) is 15.0. The lowest BCUT2D eigenvalue weighted by molar-refractivity contribution is 0.102. The van der Waals surface area contributed by atoms with Gasteiger partial charge in [-0.1, -0.05) is 12.1 Å². The van der Waals surface area contributed by atoms with Gasteiger partial charge in [-0.15, -0.1) is 0 Å². The van der Waals surface area contributed by atoms with Gasteiger partial charge in [-0.05, 0) is 79.6 Å². The number of hydrogen-bond acceptors (Lipinski definition) is 5. The number of sulfonamides is 1. The lowest BCUT2D eigenvalue weighted by atomic mass is 10.1. The first-order valence-electron chi connectivity index (χ1n) is 10.8. The van der Waals surface area contributed by atoms with E-state index in [2.05, 4.69) is 14.9 Å². The summed E-state index contributed by atoms with van der Waals surface area (Å²) in [5, 5.41) is 2.81. The second-order valence-electron chi connectivity index (χ2n) is 8.05. The van der Waals surface area contributed by atoms with Crippen LogP contribution in [-0.4, -0.2) is 40.6 Å². The number of amides is 1. The molecule has 0 spiro atoms. The summed E-state index contributed by atoms with van der Waals surface area (Å²) in [5.74, 6) is -0.257. The van der Waals surface area contributed by atoms with E-state index >= 15 is 0 Å². The van der Waals surface area contributed by atoms with Crippen molar-refractivity contribution in [3.63, 3.8) is 0 Å². The molecule has 3 aromatic rings. The highest BCUT2D eigenvalue weighted by Gasteiger charge is 2.16. The summed E-state index contributed by atoms with van der Waals surface area (Å²) in [6, 6.07) is 19.1. The zero-order valence-electron chi connectivity index (χ0n) is 18.7. The Hall–Kier alpha value is -3.36. The van der Waals surface area contributed by atoms with Crippen LogP contribution >= 0.6 is 0 Å². The molecule has 8 heteroatoms. The molecule has 4 rings (SSSR count). The van der Waals surface area contributed by atoms with Gasteiger partial charge < -0.3 is 15.0 Å². The molecule has 2 N–H and O–H groups in total. The molecule has 1 saturated heterocycles. The first kappa shape index (κ1) is 22.8. The Morgan fingerprint density at radius 1 is 0.909 bits per heavy atom. The van der Waals surface area contributed by atoms with E-state index in [0.29, 0.717) is 30.2 Å². The van der Waals surface area contributed by atoms with Gasteiger partial charge in [0, 0.05) is 30.0 Å². The monoisotopic (exact) mass is 465 g/mol. The fourth-order valence-corrected chi connectivity index (χ4v) is 4.74. The van der Waals surface area contributed by atoms with Crippen LogP contribution in [-0.2, 0) is 14.8 Å². The average Bonchev–Trinajstić information content (AvgIpc) is 2.82. The van der Waals surface area contributed by atoms with Crippen LogP contribution in [0.15, 0.2) is 71.6 Å². The van der Waals surface area contributed by atoms with Gasteiger partial charge in [-0.25, -0.2) is 8.42 Å². The van der Waals surface area contributed by atoms with E-state index in [9.17, 15) is 13.2 Å². The van der Waals surface area contributed by atoms with Crippen molar-refractivity contribution in [1.29, 1.82) is 0 Å². The highest BCUT2D eigenvalue weighted by molar-refractivity contribution is 7.92. The van der Waals surface area contributed by atoms with E-state index < -0.39 is 10.0 Å². The van der Waals surface area contributed by atoms with Gasteiger partial charge in [-0.3, -0.25) is 9.52 Å². The van der Waals surface area contributed by atoms with Crippen LogP contribution in [0.2, 0.25) is 0 Å². The zero-order chi connectivity index (χ0) is 23.4. The fourth-order valence-electron chi connectivity index (χ4n) is 3.62. The molecule has 3 aromatic carbocycles. The average molecular weight is 466 g/mol. The molecule has 0 atom stereocenters. The number of ether oxygens (including phenoxy) is 1. The maximum atomic E-state index is 12.8. The molecule has 1 amide bonds. The van der Waals surface area contributed by atoms with Crippen molar-refractivity contribution in [2.75, 3.05) is 41.2 Å². The van der Waals surface area contributed by atoms with Crippen molar-refractivity contribution in [2.24, 2.45) is 0 Å². The normalized spacial score (nSPS) is 14.1. The minimum Gasteiger partial charge on any atom is -0.378 e. The van der Waals surface area contributed by atoms with Crippen molar-refractivity contribution in [2.45, 2.75) is 18.7 Å². The molecule has 0 aliphatic carbocycles. The minimum absolute atomic E-state index is 0.122. The molecule has 172 valence electrons. The number of carbonyl (C=O) groups is 1. The van der Waals surface area contributed by atoms with E-state index in [4.69, 9.17) is 4.74 Å². The van der Waals surface area contributed by atoms with Crippen LogP contribution in [0.1, 0.15) is 21.5 Å². The summed E-state index contributed by atoms with van der Waals surface area (Å²) in [7, 11) is -3.74. The van der Waals surface area contributed by atoms with Crippen molar-refractivity contribution >= 4 is 33.0 Å². The number of nitrogens with one attached hydrogen (secondary N) is 2. The summed E-state index contributed by atoms with van der Waals surface area (Å²) in [6.45, 7) is 6.83. The molecular formula is C25H27N3O4S. The number of aryl methyl sites for hydroxylation is 2. The van der Waals surface area contributed by atoms with E-state index in [-0.39, 0.29) is 10.8 Å². The molecule has 0 bridgehead atoms. The summed E-state index contributed by atoms with van der Waals surface area (Å²) < 4.78 is 33.6. The fraction of sp³-hybridized carbons (Fsp3) is 0.240. The Labute approximate surface area is 194 Å². The number of hydrogen-bond donors (Lipinski definition) is 2. The molecule has 0 aromatic heterocycles. The molecule has 0 radical (unpaired) electrons. The van der Waals surface area contributed by atoms with Gasteiger partial charge in [0.25, 0.3) is 15.9 Å². The first-order chi connectivity index (χ1) is 15.8. The molecule has 7 nitrogen and oxygen atoms in total. The van der Waals surface area contributed by atoms with Crippen LogP contribution in [0.3, 0.4) is 0 Å². The Kier molecular flexibility index (Phi) is 6.67. The second-order valence-corrected chi connectivity index (χ2v) is 9.73. The lowest BCUT2D eigenvalue weighted by Crippen LogP contribution is -2.36. The van der Waals surface area contributed by atoms with Gasteiger partial charge in [0.15, 0.2) is 0 Å². The largest absolute Gasteiger partial charge is 0.378 e. The van der Waals surface area contributed by atoms with Crippen molar-refractivity contribution < 1.29 is 17.9 Å². The highest BCUT2D eigenvalue weighted by Crippen LogP contribution is 2.23. The quantitative estimate of drug-likeness (QED) is 0.570. The van der Waals surface area contributed by atoms with Gasteiger partial charge in [0.2, 0.25) is 0 Å². The topological polar surface area (TPSA) is 87.7 Å². The molecule has 0 unspecified atom stereocenters. The second kappa shape index (κ2) is 9.64. The van der Waals surface area contributed by atoms with Crippen LogP contribution in [0, 0.1) is 13.8 Å². The Morgan fingerprint density at radius 2 is 1.58 bits per heavy atom. The van der Waals surface area contributed by atoms with Gasteiger partial charge in [-0.2, -0.15) is 0 Å². The highest BCUT2D eigenvalue weighted by atomic mass is 32.2. The van der Waals surface area contributed by atoms with Gasteiger partial charge in [0.1, 0.15) is 0 Å². The van der Waals surface area contributed by atoms with Crippen molar-refractivity contribution in [3.8, 4) is 0 Å². The van der Waals surface area contributed by atoms with E-state index in [1.54, 1.807) is 30.3 Å². The van der Waals surface area contributed by atoms with Gasteiger partial charge >= 0.3 is 0 Å². The third kappa shape index (κ3) is 5.53. The van der Waals surface area contributed by atoms with Crippen molar-refractivity contribution in [1.82, 2.24) is 0 Å². The zero-order valence-corrected chi connectivity index (χ0v) is 19.5. The predicted octanol–water partition coefficient (Wildman–Crippen LogP) is 4.19. The smallest absolute Gasteiger partial charge is 0.261 e. The van der Waals surface area contributed by atoms with Crippen LogP contribution in [0.25, 0.3) is 0 Å². The van der Waals surface area contributed by atoms with E-state index in [1.165, 1.54) is 12.1 Å². The standard InChI is InChI=1S/C25H27N3O4S/c1-18-3-4-19(2)24(17-18)27-33(30,31)23-11-7-21(8-12-23)26-25(29)20-5-9-22(10-6-20)28-13-15-32-16-14-28/h3-12,17,27H,13-16H2,1-2H3,(H,26,29). The first-order valence-corrected chi connectivity index (χ1v) is 12.2. The number of rotatable bonds is 6. The van der Waals surface area contributed by atoms with Crippen LogP contribution in [0.5, 0.6) is 0 Å². The maximum Gasteiger partial charge on any atom is 0.261 e. The van der Waals surface area contributed by atoms with Crippen LogP contribution in [0.4, 0.5) is 17.1 Å². The number of anilines is 3. The number of benzene rings is 3. The van der Waals surface area contributed by atoms with Crippen LogP contribution < -0.4 is 14.9 Å². The molecule has 33 heavy (non-hydrogen) atoms. The van der Waals surface area contributed by atoms with Crippen molar-refractivity contribution in [3.05, 3.63) is 83.4 Å². The molecule has 0 saturated carbocycles. The summed E-state index contributed by atoms with van der Waals surface area (Å²) in [5.41, 5.74) is 4.46. The third-order valence-corrected chi connectivity index (χ3v) is 6.95. The van der Waals surface area contributed by atoms with Gasteiger partial charge in [0.05, 0.1) is 23.8 Å². The minimum atomic E-state index is -3.74. The maximum absolute atomic E-state index is 12.8. The Balaban J connectivity index is 1.41. The lowest BCUT2D eigenvalue weighted by Gasteiger charge is -2.28. The third-order valence-electron chi connectivity index (χ3n) is 5.57. The molecule has 1 heterocycles. The molecule has 1 fully saturated rings. The van der Waals surface area contributed by atoms with E-state index in [0.717, 1.165) is 29.9 Å². The Bertz CT molecular complexity index is 1230. The number of nitrogens with zero attached hydrogens (tertiary/aromatic N) is 1.